The van der Waals surface area contributed by atoms with E-state index < -0.39 is 0 Å². The molecule has 2 aromatic rings. The first kappa shape index (κ1) is 16.7. The summed E-state index contributed by atoms with van der Waals surface area (Å²) in [6.07, 6.45) is 0.839. The third kappa shape index (κ3) is 3.85. The maximum atomic E-state index is 6.13. The van der Waals surface area contributed by atoms with Crippen LogP contribution in [0.25, 0.3) is 0 Å². The summed E-state index contributed by atoms with van der Waals surface area (Å²) >= 11 is 5.49. The largest absolute Gasteiger partial charge is 0.487 e. The molecule has 5 heteroatoms. The van der Waals surface area contributed by atoms with E-state index in [0.29, 0.717) is 5.11 Å². The van der Waals surface area contributed by atoms with Crippen molar-refractivity contribution in [1.82, 2.24) is 10.3 Å². The molecule has 2 heterocycles. The molecule has 0 aliphatic carbocycles. The van der Waals surface area contributed by atoms with Crippen molar-refractivity contribution < 1.29 is 4.74 Å². The number of aryl methyl sites for hydroxylation is 2. The number of thiocarbonyl (C=S) groups is 1. The van der Waals surface area contributed by atoms with E-state index in [1.165, 1.54) is 5.56 Å². The van der Waals surface area contributed by atoms with Crippen LogP contribution in [0.4, 0.5) is 5.82 Å². The monoisotopic (exact) mass is 341 g/mol. The van der Waals surface area contributed by atoms with E-state index in [1.54, 1.807) is 0 Å². The number of ether oxygens (including phenoxy) is 1. The lowest BCUT2D eigenvalue weighted by molar-refractivity contribution is 0.0696. The Hall–Kier alpha value is -2.14. The summed E-state index contributed by atoms with van der Waals surface area (Å²) in [6.45, 7) is 8.24. The van der Waals surface area contributed by atoms with Gasteiger partial charge in [-0.1, -0.05) is 18.2 Å². The van der Waals surface area contributed by atoms with Crippen molar-refractivity contribution in [2.24, 2.45) is 0 Å². The highest BCUT2D eigenvalue weighted by atomic mass is 32.1. The van der Waals surface area contributed by atoms with Crippen LogP contribution in [0, 0.1) is 13.8 Å². The Morgan fingerprint density at radius 2 is 2.04 bits per heavy atom. The highest BCUT2D eigenvalue weighted by Gasteiger charge is 2.34. The molecule has 3 rings (SSSR count). The smallest absolute Gasteiger partial charge is 0.172 e. The number of hydrogen-bond donors (Lipinski definition) is 2. The fourth-order valence-electron chi connectivity index (χ4n) is 3.01. The fourth-order valence-corrected chi connectivity index (χ4v) is 3.26. The minimum Gasteiger partial charge on any atom is -0.487 e. The van der Waals surface area contributed by atoms with Gasteiger partial charge in [0.25, 0.3) is 0 Å². The van der Waals surface area contributed by atoms with Crippen LogP contribution in [0.15, 0.2) is 36.4 Å². The van der Waals surface area contributed by atoms with Crippen molar-refractivity contribution >= 4 is 23.1 Å². The zero-order valence-electron chi connectivity index (χ0n) is 14.5. The second kappa shape index (κ2) is 6.40. The zero-order valence-corrected chi connectivity index (χ0v) is 15.3. The second-order valence-electron chi connectivity index (χ2n) is 6.92. The van der Waals surface area contributed by atoms with Gasteiger partial charge in [-0.15, -0.1) is 0 Å². The molecule has 0 saturated carbocycles. The molecule has 1 unspecified atom stereocenters. The first-order valence-electron chi connectivity index (χ1n) is 8.13. The topological polar surface area (TPSA) is 46.2 Å². The molecule has 1 aromatic carbocycles. The Kier molecular flexibility index (Phi) is 4.45. The average molecular weight is 341 g/mol. The Morgan fingerprint density at radius 1 is 1.25 bits per heavy atom. The summed E-state index contributed by atoms with van der Waals surface area (Å²) in [5, 5.41) is 7.16. The Morgan fingerprint density at radius 3 is 2.79 bits per heavy atom. The lowest BCUT2D eigenvalue weighted by Gasteiger charge is -2.38. The molecule has 1 atom stereocenters. The van der Waals surface area contributed by atoms with Gasteiger partial charge in [0.15, 0.2) is 5.11 Å². The van der Waals surface area contributed by atoms with Crippen LogP contribution < -0.4 is 15.4 Å². The summed E-state index contributed by atoms with van der Waals surface area (Å²) in [5.41, 5.74) is 3.04. The van der Waals surface area contributed by atoms with Crippen LogP contribution in [0.1, 0.15) is 43.1 Å². The molecule has 126 valence electrons. The molecule has 1 aromatic heterocycles. The van der Waals surface area contributed by atoms with Crippen molar-refractivity contribution in [2.45, 2.75) is 45.8 Å². The molecular formula is C19H23N3OS. The van der Waals surface area contributed by atoms with Crippen molar-refractivity contribution in [3.63, 3.8) is 0 Å². The fraction of sp³-hybridized carbons (Fsp3) is 0.368. The lowest BCUT2D eigenvalue weighted by Crippen LogP contribution is -2.42. The van der Waals surface area contributed by atoms with Gasteiger partial charge in [0.05, 0.1) is 6.04 Å². The zero-order chi connectivity index (χ0) is 17.3. The predicted molar refractivity (Wildman–Crippen MR) is 102 cm³/mol. The highest BCUT2D eigenvalue weighted by molar-refractivity contribution is 7.80. The molecule has 0 radical (unpaired) electrons. The van der Waals surface area contributed by atoms with E-state index in [1.807, 2.05) is 25.1 Å². The number of nitrogens with one attached hydrogen (secondary N) is 2. The number of anilines is 1. The summed E-state index contributed by atoms with van der Waals surface area (Å²) in [6, 6.07) is 12.2. The van der Waals surface area contributed by atoms with Crippen molar-refractivity contribution in [3.8, 4) is 5.75 Å². The molecule has 1 aliphatic heterocycles. The van der Waals surface area contributed by atoms with E-state index in [2.05, 4.69) is 54.6 Å². The van der Waals surface area contributed by atoms with Gasteiger partial charge in [-0.2, -0.15) is 0 Å². The van der Waals surface area contributed by atoms with Gasteiger partial charge in [-0.25, -0.2) is 4.98 Å². The summed E-state index contributed by atoms with van der Waals surface area (Å²) in [4.78, 5) is 4.43. The van der Waals surface area contributed by atoms with Gasteiger partial charge >= 0.3 is 0 Å². The standard InChI is InChI=1S/C19H23N3OS/c1-12-8-9-14-15(11-19(3,4)23-16(14)10-12)21-18(24)22-17-7-5-6-13(2)20-17/h5-10,15H,11H2,1-4H3,(H2,20,21,22,24). The lowest BCUT2D eigenvalue weighted by atomic mass is 9.89. The summed E-state index contributed by atoms with van der Waals surface area (Å²) < 4.78 is 6.13. The Bertz CT molecular complexity index is 773. The minimum absolute atomic E-state index is 0.106. The number of fused-ring (bicyclic) bond motifs is 1. The Labute approximate surface area is 148 Å². The third-order valence-electron chi connectivity index (χ3n) is 4.06. The minimum atomic E-state index is -0.240. The van der Waals surface area contributed by atoms with Crippen LogP contribution in [-0.2, 0) is 0 Å². The average Bonchev–Trinajstić information content (AvgIpc) is 2.45. The highest BCUT2D eigenvalue weighted by Crippen LogP contribution is 2.39. The molecule has 0 saturated heterocycles. The van der Waals surface area contributed by atoms with Gasteiger partial charge in [-0.3, -0.25) is 0 Å². The molecular weight excluding hydrogens is 318 g/mol. The third-order valence-corrected chi connectivity index (χ3v) is 4.28. The molecule has 2 N–H and O–H groups in total. The SMILES string of the molecule is Cc1ccc2c(c1)OC(C)(C)CC2NC(=S)Nc1cccc(C)n1. The van der Waals surface area contributed by atoms with E-state index in [-0.39, 0.29) is 11.6 Å². The summed E-state index contributed by atoms with van der Waals surface area (Å²) in [5.74, 6) is 1.68. The van der Waals surface area contributed by atoms with E-state index in [0.717, 1.165) is 29.2 Å². The number of aromatic nitrogens is 1. The van der Waals surface area contributed by atoms with E-state index in [4.69, 9.17) is 17.0 Å². The molecule has 0 bridgehead atoms. The van der Waals surface area contributed by atoms with Gasteiger partial charge in [0.1, 0.15) is 17.2 Å². The van der Waals surface area contributed by atoms with Crippen molar-refractivity contribution in [1.29, 1.82) is 0 Å². The predicted octanol–water partition coefficient (Wildman–Crippen LogP) is 4.29. The molecule has 0 spiro atoms. The van der Waals surface area contributed by atoms with Gasteiger partial charge in [0, 0.05) is 17.7 Å². The quantitative estimate of drug-likeness (QED) is 0.798. The molecule has 0 fully saturated rings. The maximum Gasteiger partial charge on any atom is 0.172 e. The molecule has 24 heavy (non-hydrogen) atoms. The van der Waals surface area contributed by atoms with E-state index >= 15 is 0 Å². The van der Waals surface area contributed by atoms with Crippen LogP contribution in [0.3, 0.4) is 0 Å². The van der Waals surface area contributed by atoms with Gasteiger partial charge < -0.3 is 15.4 Å². The van der Waals surface area contributed by atoms with E-state index in [9.17, 15) is 0 Å². The van der Waals surface area contributed by atoms with Crippen LogP contribution in [-0.4, -0.2) is 15.7 Å². The normalized spacial score (nSPS) is 18.2. The number of nitrogens with zero attached hydrogens (tertiary/aromatic N) is 1. The first-order chi connectivity index (χ1) is 11.3. The molecule has 0 amide bonds. The number of benzene rings is 1. The number of hydrogen-bond acceptors (Lipinski definition) is 3. The number of pyridine rings is 1. The Balaban J connectivity index is 1.78. The van der Waals surface area contributed by atoms with Crippen LogP contribution in [0.2, 0.25) is 0 Å². The van der Waals surface area contributed by atoms with Crippen LogP contribution in [0.5, 0.6) is 5.75 Å². The van der Waals surface area contributed by atoms with Gasteiger partial charge in [0.2, 0.25) is 0 Å². The summed E-state index contributed by atoms with van der Waals surface area (Å²) in [7, 11) is 0. The van der Waals surface area contributed by atoms with Crippen molar-refractivity contribution in [2.75, 3.05) is 5.32 Å². The second-order valence-corrected chi connectivity index (χ2v) is 7.33. The molecule has 1 aliphatic rings. The maximum absolute atomic E-state index is 6.13. The number of rotatable bonds is 2. The van der Waals surface area contributed by atoms with Crippen molar-refractivity contribution in [3.05, 3.63) is 53.2 Å². The molecule has 4 nitrogen and oxygen atoms in total. The van der Waals surface area contributed by atoms with Gasteiger partial charge in [-0.05, 0) is 63.7 Å². The first-order valence-corrected chi connectivity index (χ1v) is 8.54. The van der Waals surface area contributed by atoms with Crippen LogP contribution >= 0.6 is 12.2 Å².